The van der Waals surface area contributed by atoms with Crippen LogP contribution in [-0.4, -0.2) is 41.9 Å². The number of esters is 1. The average Bonchev–Trinajstić information content (AvgIpc) is 2.52. The number of nitrogens with one attached hydrogen (secondary N) is 2. The van der Waals surface area contributed by atoms with Crippen molar-refractivity contribution in [1.29, 1.82) is 0 Å². The maximum atomic E-state index is 11.9. The molecule has 0 unspecified atom stereocenters. The highest BCUT2D eigenvalue weighted by atomic mass is 35.5. The van der Waals surface area contributed by atoms with Crippen molar-refractivity contribution >= 4 is 35.1 Å². The van der Waals surface area contributed by atoms with Gasteiger partial charge in [0.25, 0.3) is 17.5 Å². The summed E-state index contributed by atoms with van der Waals surface area (Å²) in [5.74, 6) is -1.98. The van der Waals surface area contributed by atoms with E-state index < -0.39 is 41.0 Å². The Labute approximate surface area is 142 Å². The van der Waals surface area contributed by atoms with Crippen molar-refractivity contribution in [2.24, 2.45) is 0 Å². The Balaban J connectivity index is 2.60. The van der Waals surface area contributed by atoms with E-state index in [1.165, 1.54) is 19.1 Å². The highest BCUT2D eigenvalue weighted by Gasteiger charge is 2.19. The second-order valence-corrected chi connectivity index (χ2v) is 5.04. The van der Waals surface area contributed by atoms with Crippen LogP contribution in [0.5, 0.6) is 0 Å². The van der Waals surface area contributed by atoms with Gasteiger partial charge in [0.2, 0.25) is 0 Å². The van der Waals surface area contributed by atoms with Crippen LogP contribution in [-0.2, 0) is 14.3 Å². The molecule has 2 N–H and O–H groups in total. The molecule has 10 heteroatoms. The van der Waals surface area contributed by atoms with Crippen LogP contribution >= 0.6 is 11.6 Å². The number of hydrogen-bond donors (Lipinski definition) is 2. The minimum atomic E-state index is -0.994. The third-order valence-corrected chi connectivity index (χ3v) is 3.15. The van der Waals surface area contributed by atoms with Crippen molar-refractivity contribution in [3.05, 3.63) is 38.9 Å². The number of nitro benzene ring substituents is 1. The summed E-state index contributed by atoms with van der Waals surface area (Å²) >= 11 is 5.65. The van der Waals surface area contributed by atoms with Gasteiger partial charge in [-0.25, -0.2) is 0 Å². The molecule has 0 radical (unpaired) electrons. The summed E-state index contributed by atoms with van der Waals surface area (Å²) in [5.41, 5.74) is -0.451. The fraction of sp³-hybridized carbons (Fsp3) is 0.357. The Kier molecular flexibility index (Phi) is 7.12. The highest BCUT2D eigenvalue weighted by molar-refractivity contribution is 6.32. The summed E-state index contributed by atoms with van der Waals surface area (Å²) in [5, 5.41) is 15.4. The summed E-state index contributed by atoms with van der Waals surface area (Å²) in [6.45, 7) is 3.02. The number of carbonyl (C=O) groups excluding carboxylic acids is 3. The van der Waals surface area contributed by atoms with Crippen LogP contribution in [0.4, 0.5) is 5.69 Å². The molecule has 0 heterocycles. The number of halogens is 1. The molecular weight excluding hydrogens is 342 g/mol. The number of nitro groups is 1. The molecule has 1 atom stereocenters. The lowest BCUT2D eigenvalue weighted by molar-refractivity contribution is -0.384. The van der Waals surface area contributed by atoms with Crippen LogP contribution in [0.15, 0.2) is 18.2 Å². The normalized spacial score (nSPS) is 11.3. The fourth-order valence-corrected chi connectivity index (χ4v) is 1.85. The van der Waals surface area contributed by atoms with Gasteiger partial charge in [0.15, 0.2) is 6.10 Å². The average molecular weight is 358 g/mol. The first-order valence-corrected chi connectivity index (χ1v) is 7.33. The van der Waals surface area contributed by atoms with Crippen molar-refractivity contribution in [2.45, 2.75) is 20.0 Å². The van der Waals surface area contributed by atoms with Crippen LogP contribution in [0.25, 0.3) is 0 Å². The fourth-order valence-electron chi connectivity index (χ4n) is 1.66. The van der Waals surface area contributed by atoms with Crippen molar-refractivity contribution in [2.75, 3.05) is 13.1 Å². The van der Waals surface area contributed by atoms with E-state index in [0.717, 1.165) is 6.07 Å². The van der Waals surface area contributed by atoms with Crippen molar-refractivity contribution in [3.63, 3.8) is 0 Å². The van der Waals surface area contributed by atoms with Crippen molar-refractivity contribution in [3.8, 4) is 0 Å². The van der Waals surface area contributed by atoms with Crippen LogP contribution in [0.2, 0.25) is 5.02 Å². The summed E-state index contributed by atoms with van der Waals surface area (Å²) in [4.78, 5) is 45.0. The lowest BCUT2D eigenvalue weighted by Gasteiger charge is -2.13. The number of amides is 2. The molecule has 0 aliphatic heterocycles. The standard InChI is InChI=1S/C14H16ClN3O6/c1-3-16-13(20)8(2)24-12(19)7-17-14(21)9-4-5-10(15)11(6-9)18(22)23/h4-6,8H,3,7H2,1-2H3,(H,16,20)(H,17,21)/t8-/m1/s1. The largest absolute Gasteiger partial charge is 0.451 e. The zero-order valence-electron chi connectivity index (χ0n) is 13.0. The zero-order valence-corrected chi connectivity index (χ0v) is 13.8. The summed E-state index contributed by atoms with van der Waals surface area (Å²) in [6, 6.07) is 3.50. The first-order valence-electron chi connectivity index (χ1n) is 6.95. The van der Waals surface area contributed by atoms with Gasteiger partial charge >= 0.3 is 5.97 Å². The number of likely N-dealkylation sites (N-methyl/N-ethyl adjacent to an activating group) is 1. The molecule has 130 valence electrons. The quantitative estimate of drug-likeness (QED) is 0.426. The van der Waals surface area contributed by atoms with Gasteiger partial charge in [0.05, 0.1) is 4.92 Å². The molecule has 0 spiro atoms. The van der Waals surface area contributed by atoms with Gasteiger partial charge in [-0.15, -0.1) is 0 Å². The Morgan fingerprint density at radius 3 is 2.58 bits per heavy atom. The minimum Gasteiger partial charge on any atom is -0.451 e. The number of hydrogen-bond acceptors (Lipinski definition) is 6. The molecule has 0 fully saturated rings. The van der Waals surface area contributed by atoms with E-state index in [-0.39, 0.29) is 10.6 Å². The Morgan fingerprint density at radius 2 is 2.00 bits per heavy atom. The molecular formula is C14H16ClN3O6. The predicted octanol–water partition coefficient (Wildman–Crippen LogP) is 1.05. The van der Waals surface area contributed by atoms with Crippen molar-refractivity contribution < 1.29 is 24.0 Å². The van der Waals surface area contributed by atoms with Crippen LogP contribution in [0, 0.1) is 10.1 Å². The van der Waals surface area contributed by atoms with Crippen LogP contribution < -0.4 is 10.6 Å². The van der Waals surface area contributed by atoms with E-state index in [9.17, 15) is 24.5 Å². The Morgan fingerprint density at radius 1 is 1.33 bits per heavy atom. The molecule has 9 nitrogen and oxygen atoms in total. The second-order valence-electron chi connectivity index (χ2n) is 4.63. The van der Waals surface area contributed by atoms with Gasteiger partial charge in [-0.05, 0) is 26.0 Å². The molecule has 0 bridgehead atoms. The molecule has 2 amide bonds. The van der Waals surface area contributed by atoms with E-state index in [1.807, 2.05) is 0 Å². The van der Waals surface area contributed by atoms with E-state index in [0.29, 0.717) is 6.54 Å². The first kappa shape index (κ1) is 19.4. The molecule has 0 saturated carbocycles. The van der Waals surface area contributed by atoms with E-state index in [1.54, 1.807) is 6.92 Å². The van der Waals surface area contributed by atoms with E-state index >= 15 is 0 Å². The number of rotatable bonds is 7. The monoisotopic (exact) mass is 357 g/mol. The molecule has 1 aromatic carbocycles. The third-order valence-electron chi connectivity index (χ3n) is 2.83. The van der Waals surface area contributed by atoms with Gasteiger partial charge in [-0.2, -0.15) is 0 Å². The molecule has 0 aliphatic carbocycles. The summed E-state index contributed by atoms with van der Waals surface area (Å²) < 4.78 is 4.84. The smallest absolute Gasteiger partial charge is 0.326 e. The maximum absolute atomic E-state index is 11.9. The SMILES string of the molecule is CCNC(=O)[C@@H](C)OC(=O)CNC(=O)c1ccc(Cl)c([N+](=O)[O-])c1. The van der Waals surface area contributed by atoms with Gasteiger partial charge in [-0.1, -0.05) is 11.6 Å². The molecule has 24 heavy (non-hydrogen) atoms. The molecule has 0 aromatic heterocycles. The molecule has 1 aromatic rings. The van der Waals surface area contributed by atoms with Gasteiger partial charge in [-0.3, -0.25) is 24.5 Å². The van der Waals surface area contributed by atoms with Gasteiger partial charge in [0.1, 0.15) is 11.6 Å². The third kappa shape index (κ3) is 5.51. The zero-order chi connectivity index (χ0) is 18.3. The van der Waals surface area contributed by atoms with Gasteiger partial charge < -0.3 is 15.4 Å². The Bertz CT molecular complexity index is 664. The molecule has 0 aliphatic rings. The van der Waals surface area contributed by atoms with Crippen molar-refractivity contribution in [1.82, 2.24) is 10.6 Å². The lowest BCUT2D eigenvalue weighted by Crippen LogP contribution is -2.38. The second kappa shape index (κ2) is 8.82. The molecule has 0 saturated heterocycles. The summed E-state index contributed by atoms with van der Waals surface area (Å²) in [6.07, 6.45) is -0.994. The van der Waals surface area contributed by atoms with Gasteiger partial charge in [0, 0.05) is 18.2 Å². The Hall–Kier alpha value is -2.68. The predicted molar refractivity (Wildman–Crippen MR) is 84.7 cm³/mol. The first-order chi connectivity index (χ1) is 11.3. The number of nitrogens with zero attached hydrogens (tertiary/aromatic N) is 1. The molecule has 1 rings (SSSR count). The van der Waals surface area contributed by atoms with Crippen LogP contribution in [0.1, 0.15) is 24.2 Å². The number of ether oxygens (including phenoxy) is 1. The lowest BCUT2D eigenvalue weighted by atomic mass is 10.2. The van der Waals surface area contributed by atoms with Crippen LogP contribution in [0.3, 0.4) is 0 Å². The maximum Gasteiger partial charge on any atom is 0.326 e. The van der Waals surface area contributed by atoms with E-state index in [2.05, 4.69) is 10.6 Å². The topological polar surface area (TPSA) is 128 Å². The highest BCUT2D eigenvalue weighted by Crippen LogP contribution is 2.24. The number of benzene rings is 1. The summed E-state index contributed by atoms with van der Waals surface area (Å²) in [7, 11) is 0. The number of carbonyl (C=O) groups is 3. The minimum absolute atomic E-state index is 0.0318. The van der Waals surface area contributed by atoms with E-state index in [4.69, 9.17) is 16.3 Å².